The largest absolute Gasteiger partial charge is 0.192 e. The zero-order valence-corrected chi connectivity index (χ0v) is 9.40. The van der Waals surface area contributed by atoms with E-state index in [1.807, 2.05) is 18.2 Å². The van der Waals surface area contributed by atoms with Gasteiger partial charge in [-0.15, -0.1) is 11.6 Å². The molecule has 13 heavy (non-hydrogen) atoms. The molecule has 0 bridgehead atoms. The Morgan fingerprint density at radius 1 is 1.46 bits per heavy atom. The molecule has 0 saturated carbocycles. The van der Waals surface area contributed by atoms with E-state index in [0.717, 1.165) is 28.4 Å². The van der Waals surface area contributed by atoms with E-state index in [1.54, 1.807) is 0 Å². The number of nitrogens with zero attached hydrogens (tertiary/aromatic N) is 1. The molecule has 1 aromatic carbocycles. The first-order chi connectivity index (χ1) is 6.29. The normalized spacial score (nSPS) is 9.62. The Kier molecular flexibility index (Phi) is 4.27. The summed E-state index contributed by atoms with van der Waals surface area (Å²) in [6.45, 7) is 0. The van der Waals surface area contributed by atoms with E-state index >= 15 is 0 Å². The molecule has 0 aliphatic carbocycles. The molecular formula is C10H9BrClN. The molecule has 0 aliphatic rings. The number of rotatable bonds is 3. The van der Waals surface area contributed by atoms with Crippen LogP contribution in [0, 0.1) is 11.3 Å². The third-order valence-electron chi connectivity index (χ3n) is 1.79. The summed E-state index contributed by atoms with van der Waals surface area (Å²) in [5, 5.41) is 8.89. The van der Waals surface area contributed by atoms with Crippen LogP contribution in [0.1, 0.15) is 17.5 Å². The minimum Gasteiger partial charge on any atom is -0.192 e. The SMILES string of the molecule is N#Cc1c(Br)cccc1CCCCl. The van der Waals surface area contributed by atoms with E-state index in [0.29, 0.717) is 5.88 Å². The number of hydrogen-bond donors (Lipinski definition) is 0. The summed E-state index contributed by atoms with van der Waals surface area (Å²) in [5.41, 5.74) is 1.80. The first kappa shape index (κ1) is 10.6. The smallest absolute Gasteiger partial charge is 0.101 e. The lowest BCUT2D eigenvalue weighted by atomic mass is 10.0. The lowest BCUT2D eigenvalue weighted by Gasteiger charge is -2.03. The van der Waals surface area contributed by atoms with Crippen LogP contribution >= 0.6 is 27.5 Å². The lowest BCUT2D eigenvalue weighted by Crippen LogP contribution is -1.92. The van der Waals surface area contributed by atoms with E-state index < -0.39 is 0 Å². The Bertz CT molecular complexity index is 330. The summed E-state index contributed by atoms with van der Waals surface area (Å²) < 4.78 is 0.863. The van der Waals surface area contributed by atoms with Crippen LogP contribution in [0.5, 0.6) is 0 Å². The van der Waals surface area contributed by atoms with Crippen molar-refractivity contribution >= 4 is 27.5 Å². The van der Waals surface area contributed by atoms with E-state index in [1.165, 1.54) is 0 Å². The van der Waals surface area contributed by atoms with Gasteiger partial charge in [-0.3, -0.25) is 0 Å². The maximum absolute atomic E-state index is 8.89. The van der Waals surface area contributed by atoms with Crippen LogP contribution in [0.3, 0.4) is 0 Å². The number of hydrogen-bond acceptors (Lipinski definition) is 1. The summed E-state index contributed by atoms with van der Waals surface area (Å²) in [6, 6.07) is 7.97. The van der Waals surface area contributed by atoms with E-state index in [2.05, 4.69) is 22.0 Å². The van der Waals surface area contributed by atoms with Gasteiger partial charge in [0.05, 0.1) is 5.56 Å². The zero-order chi connectivity index (χ0) is 9.68. The van der Waals surface area contributed by atoms with Crippen LogP contribution < -0.4 is 0 Å². The first-order valence-electron chi connectivity index (χ1n) is 4.03. The summed E-state index contributed by atoms with van der Waals surface area (Å²) in [6.07, 6.45) is 1.78. The van der Waals surface area contributed by atoms with Crippen LogP contribution in [-0.4, -0.2) is 5.88 Å². The number of benzene rings is 1. The Labute approximate surface area is 91.5 Å². The highest BCUT2D eigenvalue weighted by atomic mass is 79.9. The highest BCUT2D eigenvalue weighted by Gasteiger charge is 2.04. The van der Waals surface area contributed by atoms with Gasteiger partial charge in [0, 0.05) is 10.4 Å². The Hall–Kier alpha value is -0.520. The van der Waals surface area contributed by atoms with E-state index in [9.17, 15) is 0 Å². The van der Waals surface area contributed by atoms with Gasteiger partial charge in [-0.2, -0.15) is 5.26 Å². The van der Waals surface area contributed by atoms with Crippen molar-refractivity contribution in [3.8, 4) is 6.07 Å². The topological polar surface area (TPSA) is 23.8 Å². The van der Waals surface area contributed by atoms with Gasteiger partial charge in [0.25, 0.3) is 0 Å². The quantitative estimate of drug-likeness (QED) is 0.761. The van der Waals surface area contributed by atoms with Crippen molar-refractivity contribution in [2.24, 2.45) is 0 Å². The molecule has 1 aromatic rings. The average molecular weight is 259 g/mol. The maximum atomic E-state index is 8.89. The highest BCUT2D eigenvalue weighted by Crippen LogP contribution is 2.20. The third kappa shape index (κ3) is 2.72. The monoisotopic (exact) mass is 257 g/mol. The second kappa shape index (κ2) is 5.26. The molecule has 0 amide bonds. The average Bonchev–Trinajstić information content (AvgIpc) is 2.15. The Morgan fingerprint density at radius 2 is 2.23 bits per heavy atom. The molecular weight excluding hydrogens is 249 g/mol. The minimum absolute atomic E-state index is 0.636. The van der Waals surface area contributed by atoms with Gasteiger partial charge in [0.1, 0.15) is 6.07 Å². The van der Waals surface area contributed by atoms with Crippen LogP contribution in [0.15, 0.2) is 22.7 Å². The number of nitriles is 1. The summed E-state index contributed by atoms with van der Waals surface area (Å²) >= 11 is 8.94. The minimum atomic E-state index is 0.636. The Balaban J connectivity index is 2.93. The van der Waals surface area contributed by atoms with Crippen LogP contribution in [-0.2, 0) is 6.42 Å². The summed E-state index contributed by atoms with van der Waals surface area (Å²) in [5.74, 6) is 0.636. The van der Waals surface area contributed by atoms with E-state index in [4.69, 9.17) is 16.9 Å². The molecule has 0 N–H and O–H groups in total. The molecule has 0 radical (unpaired) electrons. The molecule has 1 nitrogen and oxygen atoms in total. The molecule has 0 spiro atoms. The first-order valence-corrected chi connectivity index (χ1v) is 5.35. The molecule has 1 rings (SSSR count). The molecule has 0 fully saturated rings. The van der Waals surface area contributed by atoms with Crippen molar-refractivity contribution in [1.29, 1.82) is 5.26 Å². The summed E-state index contributed by atoms with van der Waals surface area (Å²) in [4.78, 5) is 0. The van der Waals surface area contributed by atoms with Gasteiger partial charge < -0.3 is 0 Å². The van der Waals surface area contributed by atoms with Crippen LogP contribution in [0.2, 0.25) is 0 Å². The predicted octanol–water partition coefficient (Wildman–Crippen LogP) is 3.49. The van der Waals surface area contributed by atoms with Crippen molar-refractivity contribution in [1.82, 2.24) is 0 Å². The molecule has 68 valence electrons. The fourth-order valence-electron chi connectivity index (χ4n) is 1.16. The van der Waals surface area contributed by atoms with Gasteiger partial charge in [-0.1, -0.05) is 12.1 Å². The van der Waals surface area contributed by atoms with Gasteiger partial charge in [0.15, 0.2) is 0 Å². The predicted molar refractivity (Wildman–Crippen MR) is 57.9 cm³/mol. The van der Waals surface area contributed by atoms with Gasteiger partial charge in [0.2, 0.25) is 0 Å². The van der Waals surface area contributed by atoms with Gasteiger partial charge in [-0.05, 0) is 40.4 Å². The van der Waals surface area contributed by atoms with Crippen molar-refractivity contribution < 1.29 is 0 Å². The van der Waals surface area contributed by atoms with Gasteiger partial charge >= 0.3 is 0 Å². The maximum Gasteiger partial charge on any atom is 0.101 e. The second-order valence-corrected chi connectivity index (χ2v) is 3.91. The molecule has 0 aromatic heterocycles. The second-order valence-electron chi connectivity index (χ2n) is 2.68. The molecule has 0 aliphatic heterocycles. The standard InChI is InChI=1S/C10H9BrClN/c11-10-5-1-3-8(4-2-6-12)9(10)7-13/h1,3,5H,2,4,6H2. The number of halogens is 2. The van der Waals surface area contributed by atoms with Crippen LogP contribution in [0.4, 0.5) is 0 Å². The molecule has 0 unspecified atom stereocenters. The third-order valence-corrected chi connectivity index (χ3v) is 2.72. The fourth-order valence-corrected chi connectivity index (χ4v) is 1.79. The zero-order valence-electron chi connectivity index (χ0n) is 7.06. The molecule has 0 heterocycles. The molecule has 3 heteroatoms. The van der Waals surface area contributed by atoms with Crippen LogP contribution in [0.25, 0.3) is 0 Å². The van der Waals surface area contributed by atoms with Crippen molar-refractivity contribution in [2.75, 3.05) is 5.88 Å². The number of alkyl halides is 1. The summed E-state index contributed by atoms with van der Waals surface area (Å²) in [7, 11) is 0. The Morgan fingerprint density at radius 3 is 2.85 bits per heavy atom. The molecule has 0 atom stereocenters. The fraction of sp³-hybridized carbons (Fsp3) is 0.300. The van der Waals surface area contributed by atoms with Crippen molar-refractivity contribution in [3.05, 3.63) is 33.8 Å². The van der Waals surface area contributed by atoms with Crippen molar-refractivity contribution in [2.45, 2.75) is 12.8 Å². The lowest BCUT2D eigenvalue weighted by molar-refractivity contribution is 0.924. The van der Waals surface area contributed by atoms with Gasteiger partial charge in [-0.25, -0.2) is 0 Å². The highest BCUT2D eigenvalue weighted by molar-refractivity contribution is 9.10. The number of aryl methyl sites for hydroxylation is 1. The molecule has 0 saturated heterocycles. The van der Waals surface area contributed by atoms with Crippen molar-refractivity contribution in [3.63, 3.8) is 0 Å². The van der Waals surface area contributed by atoms with E-state index in [-0.39, 0.29) is 0 Å².